The number of phenols is 1. The maximum absolute atomic E-state index is 12.9. The second kappa shape index (κ2) is 7.76. The normalized spacial score (nSPS) is 24.5. The van der Waals surface area contributed by atoms with Gasteiger partial charge < -0.3 is 24.5 Å². The van der Waals surface area contributed by atoms with E-state index in [4.69, 9.17) is 4.74 Å². The smallest absolute Gasteiger partial charge is 0.228 e. The van der Waals surface area contributed by atoms with Crippen LogP contribution in [0.1, 0.15) is 19.3 Å². The Balaban J connectivity index is 1.33. The van der Waals surface area contributed by atoms with Gasteiger partial charge in [0.2, 0.25) is 11.8 Å². The molecule has 2 amide bonds. The van der Waals surface area contributed by atoms with Crippen molar-refractivity contribution in [3.8, 4) is 5.75 Å². The van der Waals surface area contributed by atoms with Gasteiger partial charge in [0, 0.05) is 58.4 Å². The van der Waals surface area contributed by atoms with Crippen LogP contribution in [-0.4, -0.2) is 78.7 Å². The Kier molecular flexibility index (Phi) is 5.20. The molecule has 1 aromatic rings. The van der Waals surface area contributed by atoms with Gasteiger partial charge in [-0.25, -0.2) is 0 Å². The Morgan fingerprint density at radius 2 is 1.78 bits per heavy atom. The average molecular weight is 373 g/mol. The van der Waals surface area contributed by atoms with Crippen LogP contribution in [0.2, 0.25) is 0 Å². The molecule has 7 nitrogen and oxygen atoms in total. The highest BCUT2D eigenvalue weighted by Gasteiger charge is 2.40. The van der Waals surface area contributed by atoms with Gasteiger partial charge in [-0.15, -0.1) is 0 Å². The number of hydrogen-bond donors (Lipinski definition) is 1. The van der Waals surface area contributed by atoms with E-state index in [2.05, 4.69) is 4.90 Å². The molecule has 27 heavy (non-hydrogen) atoms. The molecule has 1 N–H and O–H groups in total. The fraction of sp³-hybridized carbons (Fsp3) is 0.600. The summed E-state index contributed by atoms with van der Waals surface area (Å²) in [4.78, 5) is 31.3. The highest BCUT2D eigenvalue weighted by Crippen LogP contribution is 2.29. The van der Waals surface area contributed by atoms with Gasteiger partial charge in [-0.1, -0.05) is 12.1 Å². The second-order valence-electron chi connectivity index (χ2n) is 7.59. The Morgan fingerprint density at radius 1 is 1.07 bits per heavy atom. The Hall–Kier alpha value is -2.28. The van der Waals surface area contributed by atoms with Crippen LogP contribution in [-0.2, 0) is 14.3 Å². The molecule has 0 saturated carbocycles. The van der Waals surface area contributed by atoms with Crippen LogP contribution in [0.15, 0.2) is 24.3 Å². The van der Waals surface area contributed by atoms with Gasteiger partial charge in [-0.2, -0.15) is 0 Å². The summed E-state index contributed by atoms with van der Waals surface area (Å²) in [6.07, 6.45) is 2.06. The first-order valence-corrected chi connectivity index (χ1v) is 9.82. The van der Waals surface area contributed by atoms with E-state index in [0.29, 0.717) is 52.4 Å². The fourth-order valence-corrected chi connectivity index (χ4v) is 4.40. The van der Waals surface area contributed by atoms with Crippen molar-refractivity contribution in [2.75, 3.05) is 50.8 Å². The summed E-state index contributed by atoms with van der Waals surface area (Å²) < 4.78 is 5.38. The van der Waals surface area contributed by atoms with Crippen LogP contribution >= 0.6 is 0 Å². The third-order valence-corrected chi connectivity index (χ3v) is 5.95. The maximum Gasteiger partial charge on any atom is 0.228 e. The molecule has 0 aliphatic carbocycles. The first kappa shape index (κ1) is 18.1. The summed E-state index contributed by atoms with van der Waals surface area (Å²) in [5.41, 5.74) is 0.811. The van der Waals surface area contributed by atoms with E-state index in [0.717, 1.165) is 18.5 Å². The van der Waals surface area contributed by atoms with Crippen molar-refractivity contribution < 1.29 is 19.4 Å². The van der Waals surface area contributed by atoms with Crippen LogP contribution in [0, 0.1) is 5.92 Å². The standard InChI is InChI=1S/C20H27N3O4/c24-18-4-2-1-3-17(18)21-7-9-22(10-8-21)20(26)15-13-19(25)23(14-15)16-5-11-27-12-6-16/h1-4,15-16,24H,5-14H2. The van der Waals surface area contributed by atoms with Crippen LogP contribution in [0.25, 0.3) is 0 Å². The van der Waals surface area contributed by atoms with Crippen LogP contribution in [0.5, 0.6) is 5.75 Å². The predicted molar refractivity (Wildman–Crippen MR) is 101 cm³/mol. The molecule has 146 valence electrons. The summed E-state index contributed by atoms with van der Waals surface area (Å²) >= 11 is 0. The van der Waals surface area contributed by atoms with Crippen LogP contribution in [0.3, 0.4) is 0 Å². The third-order valence-electron chi connectivity index (χ3n) is 5.95. The zero-order valence-corrected chi connectivity index (χ0v) is 15.5. The van der Waals surface area contributed by atoms with Gasteiger partial charge in [0.1, 0.15) is 5.75 Å². The number of carbonyl (C=O) groups excluding carboxylic acids is 2. The number of phenolic OH excluding ortho intramolecular Hbond substituents is 1. The fourth-order valence-electron chi connectivity index (χ4n) is 4.40. The molecule has 1 atom stereocenters. The quantitative estimate of drug-likeness (QED) is 0.858. The van der Waals surface area contributed by atoms with Crippen molar-refractivity contribution in [1.82, 2.24) is 9.80 Å². The van der Waals surface area contributed by atoms with Crippen LogP contribution in [0.4, 0.5) is 5.69 Å². The molecular weight excluding hydrogens is 346 g/mol. The SMILES string of the molecule is O=C(C1CC(=O)N(C2CCOCC2)C1)N1CCN(c2ccccc2O)CC1. The monoisotopic (exact) mass is 373 g/mol. The van der Waals surface area contributed by atoms with E-state index in [-0.39, 0.29) is 29.5 Å². The summed E-state index contributed by atoms with van der Waals surface area (Å²) in [5, 5.41) is 10.0. The number of amides is 2. The minimum absolute atomic E-state index is 0.0924. The lowest BCUT2D eigenvalue weighted by Gasteiger charge is -2.37. The lowest BCUT2D eigenvalue weighted by molar-refractivity contribution is -0.136. The molecule has 1 aromatic carbocycles. The van der Waals surface area contributed by atoms with Gasteiger partial charge in [-0.05, 0) is 25.0 Å². The Morgan fingerprint density at radius 3 is 2.48 bits per heavy atom. The highest BCUT2D eigenvalue weighted by molar-refractivity contribution is 5.89. The molecule has 3 aliphatic rings. The molecule has 0 radical (unpaired) electrons. The number of ether oxygens (including phenoxy) is 1. The number of benzene rings is 1. The minimum Gasteiger partial charge on any atom is -0.506 e. The van der Waals surface area contributed by atoms with E-state index in [1.807, 2.05) is 21.9 Å². The molecule has 4 rings (SSSR count). The maximum atomic E-state index is 12.9. The number of rotatable bonds is 3. The topological polar surface area (TPSA) is 73.3 Å². The van der Waals surface area contributed by atoms with E-state index < -0.39 is 0 Å². The zero-order valence-electron chi connectivity index (χ0n) is 15.5. The number of anilines is 1. The number of nitrogens with zero attached hydrogens (tertiary/aromatic N) is 3. The Labute approximate surface area is 159 Å². The van der Waals surface area contributed by atoms with Crippen LogP contribution < -0.4 is 4.90 Å². The summed E-state index contributed by atoms with van der Waals surface area (Å²) in [6, 6.07) is 7.51. The lowest BCUT2D eigenvalue weighted by atomic mass is 10.1. The van der Waals surface area contributed by atoms with Crippen molar-refractivity contribution in [2.24, 2.45) is 5.92 Å². The lowest BCUT2D eigenvalue weighted by Crippen LogP contribution is -2.51. The number of para-hydroxylation sites is 2. The van der Waals surface area contributed by atoms with Crippen molar-refractivity contribution >= 4 is 17.5 Å². The van der Waals surface area contributed by atoms with E-state index in [1.165, 1.54) is 0 Å². The van der Waals surface area contributed by atoms with Crippen molar-refractivity contribution in [1.29, 1.82) is 0 Å². The Bertz CT molecular complexity index is 696. The number of hydrogen-bond acceptors (Lipinski definition) is 5. The molecule has 3 aliphatic heterocycles. The van der Waals surface area contributed by atoms with Gasteiger partial charge in [0.25, 0.3) is 0 Å². The van der Waals surface area contributed by atoms with E-state index in [9.17, 15) is 14.7 Å². The molecule has 3 saturated heterocycles. The number of likely N-dealkylation sites (tertiary alicyclic amines) is 1. The van der Waals surface area contributed by atoms with Gasteiger partial charge >= 0.3 is 0 Å². The molecule has 0 bridgehead atoms. The van der Waals surface area contributed by atoms with Gasteiger partial charge in [0.05, 0.1) is 11.6 Å². The zero-order chi connectivity index (χ0) is 18.8. The molecule has 0 aromatic heterocycles. The van der Waals surface area contributed by atoms with Gasteiger partial charge in [0.15, 0.2) is 0 Å². The first-order valence-electron chi connectivity index (χ1n) is 9.82. The molecule has 3 fully saturated rings. The van der Waals surface area contributed by atoms with E-state index in [1.54, 1.807) is 12.1 Å². The molecule has 1 unspecified atom stereocenters. The molecule has 3 heterocycles. The largest absolute Gasteiger partial charge is 0.506 e. The van der Waals surface area contributed by atoms with Crippen molar-refractivity contribution in [3.05, 3.63) is 24.3 Å². The van der Waals surface area contributed by atoms with Gasteiger partial charge in [-0.3, -0.25) is 9.59 Å². The summed E-state index contributed by atoms with van der Waals surface area (Å²) in [6.45, 7) is 4.55. The summed E-state index contributed by atoms with van der Waals surface area (Å²) in [5.74, 6) is 0.241. The highest BCUT2D eigenvalue weighted by atomic mass is 16.5. The van der Waals surface area contributed by atoms with Crippen molar-refractivity contribution in [2.45, 2.75) is 25.3 Å². The molecule has 7 heteroatoms. The third kappa shape index (κ3) is 3.74. The minimum atomic E-state index is -0.225. The summed E-state index contributed by atoms with van der Waals surface area (Å²) in [7, 11) is 0. The van der Waals surface area contributed by atoms with E-state index >= 15 is 0 Å². The van der Waals surface area contributed by atoms with Crippen molar-refractivity contribution in [3.63, 3.8) is 0 Å². The number of aromatic hydroxyl groups is 1. The number of carbonyl (C=O) groups is 2. The molecule has 0 spiro atoms. The average Bonchev–Trinajstić information content (AvgIpc) is 3.10. The molecular formula is C20H27N3O4. The second-order valence-corrected chi connectivity index (χ2v) is 7.59. The predicted octanol–water partition coefficient (Wildman–Crippen LogP) is 1.07. The number of piperazine rings is 1. The first-order chi connectivity index (χ1) is 13.1.